The maximum Gasteiger partial charge on any atom is 0.0644 e. The standard InChI is InChI=1S/C10H20O2/c1-7-4-5-8(9(11)6-7)10(2,3)12/h7-9,11-12H,4-6H2,1-3H3/t7-,8-,9?/m1/s1. The zero-order chi connectivity index (χ0) is 9.35. The average molecular weight is 172 g/mol. The van der Waals surface area contributed by atoms with Gasteiger partial charge in [-0.2, -0.15) is 0 Å². The summed E-state index contributed by atoms with van der Waals surface area (Å²) in [6, 6.07) is 0. The first-order chi connectivity index (χ1) is 5.41. The molecule has 0 spiro atoms. The molecular weight excluding hydrogens is 152 g/mol. The van der Waals surface area contributed by atoms with Gasteiger partial charge in [0.2, 0.25) is 0 Å². The normalized spacial score (nSPS) is 38.2. The molecule has 2 N–H and O–H groups in total. The average Bonchev–Trinajstić information content (AvgIpc) is 1.83. The molecule has 1 fully saturated rings. The smallest absolute Gasteiger partial charge is 0.0644 e. The fraction of sp³-hybridized carbons (Fsp3) is 1.00. The second-order valence-electron chi connectivity index (χ2n) is 4.75. The highest BCUT2D eigenvalue weighted by Gasteiger charge is 2.36. The van der Waals surface area contributed by atoms with Crippen LogP contribution in [0.15, 0.2) is 0 Å². The lowest BCUT2D eigenvalue weighted by atomic mass is 9.73. The Morgan fingerprint density at radius 3 is 2.25 bits per heavy atom. The highest BCUT2D eigenvalue weighted by Crippen LogP contribution is 2.35. The maximum atomic E-state index is 9.74. The quantitative estimate of drug-likeness (QED) is 0.630. The van der Waals surface area contributed by atoms with Crippen molar-refractivity contribution >= 4 is 0 Å². The van der Waals surface area contributed by atoms with Gasteiger partial charge in [0, 0.05) is 5.92 Å². The van der Waals surface area contributed by atoms with Crippen LogP contribution in [0.5, 0.6) is 0 Å². The third kappa shape index (κ3) is 2.20. The molecule has 0 aromatic carbocycles. The van der Waals surface area contributed by atoms with Crippen molar-refractivity contribution in [3.05, 3.63) is 0 Å². The van der Waals surface area contributed by atoms with E-state index >= 15 is 0 Å². The van der Waals surface area contributed by atoms with E-state index in [0.717, 1.165) is 19.3 Å². The highest BCUT2D eigenvalue weighted by atomic mass is 16.3. The van der Waals surface area contributed by atoms with Crippen molar-refractivity contribution in [1.29, 1.82) is 0 Å². The molecule has 2 nitrogen and oxygen atoms in total. The Balaban J connectivity index is 2.57. The third-order valence-electron chi connectivity index (χ3n) is 2.99. The predicted molar refractivity (Wildman–Crippen MR) is 48.8 cm³/mol. The second-order valence-corrected chi connectivity index (χ2v) is 4.75. The fourth-order valence-electron chi connectivity index (χ4n) is 2.17. The first-order valence-corrected chi connectivity index (χ1v) is 4.81. The molecular formula is C10H20O2. The molecule has 0 aromatic rings. The lowest BCUT2D eigenvalue weighted by Crippen LogP contribution is -2.42. The maximum absolute atomic E-state index is 9.74. The summed E-state index contributed by atoms with van der Waals surface area (Å²) < 4.78 is 0. The molecule has 0 saturated heterocycles. The van der Waals surface area contributed by atoms with Crippen LogP contribution in [-0.2, 0) is 0 Å². The Labute approximate surface area is 74.6 Å². The summed E-state index contributed by atoms with van der Waals surface area (Å²) in [5.41, 5.74) is -0.723. The molecule has 1 rings (SSSR count). The van der Waals surface area contributed by atoms with E-state index in [1.54, 1.807) is 13.8 Å². The summed E-state index contributed by atoms with van der Waals surface area (Å²) in [6.07, 6.45) is 2.61. The summed E-state index contributed by atoms with van der Waals surface area (Å²) in [7, 11) is 0. The lowest BCUT2D eigenvalue weighted by Gasteiger charge is -2.38. The van der Waals surface area contributed by atoms with Gasteiger partial charge < -0.3 is 10.2 Å². The predicted octanol–water partition coefficient (Wildman–Crippen LogP) is 1.55. The van der Waals surface area contributed by atoms with Gasteiger partial charge in [0.25, 0.3) is 0 Å². The van der Waals surface area contributed by atoms with E-state index in [-0.39, 0.29) is 12.0 Å². The zero-order valence-electron chi connectivity index (χ0n) is 8.25. The third-order valence-corrected chi connectivity index (χ3v) is 2.99. The minimum Gasteiger partial charge on any atom is -0.393 e. The van der Waals surface area contributed by atoms with Gasteiger partial charge in [-0.3, -0.25) is 0 Å². The number of hydrogen-bond donors (Lipinski definition) is 2. The summed E-state index contributed by atoms with van der Waals surface area (Å²) in [5, 5.41) is 19.5. The molecule has 1 aliphatic carbocycles. The van der Waals surface area contributed by atoms with Gasteiger partial charge in [-0.05, 0) is 32.6 Å². The van der Waals surface area contributed by atoms with Crippen LogP contribution in [0.25, 0.3) is 0 Å². The molecule has 0 aromatic heterocycles. The van der Waals surface area contributed by atoms with Crippen molar-refractivity contribution < 1.29 is 10.2 Å². The lowest BCUT2D eigenvalue weighted by molar-refractivity contribution is -0.0730. The van der Waals surface area contributed by atoms with Gasteiger partial charge in [-0.15, -0.1) is 0 Å². The first-order valence-electron chi connectivity index (χ1n) is 4.81. The van der Waals surface area contributed by atoms with Gasteiger partial charge in [0.15, 0.2) is 0 Å². The topological polar surface area (TPSA) is 40.5 Å². The van der Waals surface area contributed by atoms with Crippen molar-refractivity contribution in [2.45, 2.75) is 51.7 Å². The van der Waals surface area contributed by atoms with Crippen molar-refractivity contribution in [2.75, 3.05) is 0 Å². The molecule has 1 aliphatic rings. The molecule has 0 heterocycles. The van der Waals surface area contributed by atoms with Crippen LogP contribution in [0, 0.1) is 11.8 Å². The number of hydrogen-bond acceptors (Lipinski definition) is 2. The van der Waals surface area contributed by atoms with Crippen LogP contribution in [0.2, 0.25) is 0 Å². The van der Waals surface area contributed by atoms with Gasteiger partial charge in [0.05, 0.1) is 11.7 Å². The minimum absolute atomic E-state index is 0.0636. The Bertz CT molecular complexity index is 148. The van der Waals surface area contributed by atoms with Gasteiger partial charge in [0.1, 0.15) is 0 Å². The molecule has 0 radical (unpaired) electrons. The largest absolute Gasteiger partial charge is 0.393 e. The Morgan fingerprint density at radius 2 is 1.83 bits per heavy atom. The Kier molecular flexibility index (Phi) is 2.79. The van der Waals surface area contributed by atoms with Gasteiger partial charge in [-0.25, -0.2) is 0 Å². The van der Waals surface area contributed by atoms with E-state index in [0.29, 0.717) is 5.92 Å². The minimum atomic E-state index is -0.723. The molecule has 72 valence electrons. The zero-order valence-corrected chi connectivity index (χ0v) is 8.25. The Morgan fingerprint density at radius 1 is 1.25 bits per heavy atom. The van der Waals surface area contributed by atoms with E-state index < -0.39 is 5.60 Å². The van der Waals surface area contributed by atoms with E-state index in [1.165, 1.54) is 0 Å². The van der Waals surface area contributed by atoms with E-state index in [4.69, 9.17) is 0 Å². The molecule has 1 saturated carbocycles. The summed E-state index contributed by atoms with van der Waals surface area (Å²) >= 11 is 0. The van der Waals surface area contributed by atoms with Crippen LogP contribution in [0.4, 0.5) is 0 Å². The van der Waals surface area contributed by atoms with Gasteiger partial charge >= 0.3 is 0 Å². The Hall–Kier alpha value is -0.0800. The van der Waals surface area contributed by atoms with E-state index in [9.17, 15) is 10.2 Å². The van der Waals surface area contributed by atoms with Crippen molar-refractivity contribution in [1.82, 2.24) is 0 Å². The molecule has 3 atom stereocenters. The van der Waals surface area contributed by atoms with Crippen LogP contribution in [0.1, 0.15) is 40.0 Å². The van der Waals surface area contributed by atoms with Crippen molar-refractivity contribution in [3.63, 3.8) is 0 Å². The van der Waals surface area contributed by atoms with Crippen molar-refractivity contribution in [3.8, 4) is 0 Å². The number of aliphatic hydroxyl groups excluding tert-OH is 1. The molecule has 2 heteroatoms. The molecule has 1 unspecified atom stereocenters. The van der Waals surface area contributed by atoms with E-state index in [2.05, 4.69) is 6.92 Å². The van der Waals surface area contributed by atoms with E-state index in [1.807, 2.05) is 0 Å². The highest BCUT2D eigenvalue weighted by molar-refractivity contribution is 4.87. The SMILES string of the molecule is C[C@@H]1CC[C@@H](C(C)(C)O)C(O)C1. The molecule has 0 amide bonds. The molecule has 0 aliphatic heterocycles. The van der Waals surface area contributed by atoms with Crippen LogP contribution in [0.3, 0.4) is 0 Å². The number of rotatable bonds is 1. The second kappa shape index (κ2) is 3.35. The first kappa shape index (κ1) is 10.0. The van der Waals surface area contributed by atoms with Crippen LogP contribution >= 0.6 is 0 Å². The molecule has 12 heavy (non-hydrogen) atoms. The number of aliphatic hydroxyl groups is 2. The van der Waals surface area contributed by atoms with Crippen LogP contribution in [-0.4, -0.2) is 21.9 Å². The molecule has 0 bridgehead atoms. The van der Waals surface area contributed by atoms with Crippen LogP contribution < -0.4 is 0 Å². The monoisotopic (exact) mass is 172 g/mol. The summed E-state index contributed by atoms with van der Waals surface area (Å²) in [4.78, 5) is 0. The summed E-state index contributed by atoms with van der Waals surface area (Å²) in [6.45, 7) is 5.73. The van der Waals surface area contributed by atoms with Crippen molar-refractivity contribution in [2.24, 2.45) is 11.8 Å². The fourth-order valence-corrected chi connectivity index (χ4v) is 2.17. The van der Waals surface area contributed by atoms with Gasteiger partial charge in [-0.1, -0.05) is 13.3 Å². The summed E-state index contributed by atoms with van der Waals surface area (Å²) in [5.74, 6) is 0.673.